The molecule has 1 aliphatic rings. The third kappa shape index (κ3) is 4.93. The van der Waals surface area contributed by atoms with Gasteiger partial charge >= 0.3 is 0 Å². The fourth-order valence-corrected chi connectivity index (χ4v) is 3.19. The van der Waals surface area contributed by atoms with Gasteiger partial charge in [0.25, 0.3) is 0 Å². The number of benzene rings is 1. The van der Waals surface area contributed by atoms with Gasteiger partial charge in [0.15, 0.2) is 0 Å². The molecule has 1 amide bonds. The largest absolute Gasteiger partial charge is 0.460 e. The molecule has 0 spiro atoms. The lowest BCUT2D eigenvalue weighted by Crippen LogP contribution is -2.47. The number of carbonyl (C=O) groups excluding carboxylic acids is 1. The molecule has 0 saturated carbocycles. The Morgan fingerprint density at radius 3 is 2.76 bits per heavy atom. The minimum atomic E-state index is 0.113. The fourth-order valence-electron chi connectivity index (χ4n) is 2.93. The maximum atomic E-state index is 12.4. The maximum Gasteiger partial charge on any atom is 0.236 e. The summed E-state index contributed by atoms with van der Waals surface area (Å²) in [6.45, 7) is 4.93. The molecule has 1 fully saturated rings. The highest BCUT2D eigenvalue weighted by Gasteiger charge is 2.22. The highest BCUT2D eigenvalue weighted by molar-refractivity contribution is 9.10. The molecule has 1 aromatic heterocycles. The molecule has 134 valence electrons. The van der Waals surface area contributed by atoms with Gasteiger partial charge in [0.1, 0.15) is 11.5 Å². The van der Waals surface area contributed by atoms with Crippen molar-refractivity contribution in [3.63, 3.8) is 0 Å². The summed E-state index contributed by atoms with van der Waals surface area (Å²) < 4.78 is 12.4. The number of ether oxygens (including phenoxy) is 1. The van der Waals surface area contributed by atoms with Crippen LogP contribution in [-0.4, -0.2) is 55.1 Å². The predicted octanol–water partition coefficient (Wildman–Crippen LogP) is 3.39. The number of morpholine rings is 1. The lowest BCUT2D eigenvalue weighted by molar-refractivity contribution is -0.139. The lowest BCUT2D eigenvalue weighted by Gasteiger charge is -2.32. The standard InChI is InChI=1S/C19H23BrN2O3/c1-14-11-22(9-10-24-14)19(23)13-21(2)12-17-7-8-18(25-17)15-3-5-16(20)6-4-15/h3-8,14H,9-13H2,1-2H3. The third-order valence-electron chi connectivity index (χ3n) is 4.22. The molecule has 2 aromatic rings. The Morgan fingerprint density at radius 2 is 2.04 bits per heavy atom. The van der Waals surface area contributed by atoms with Crippen LogP contribution >= 0.6 is 15.9 Å². The first-order chi connectivity index (χ1) is 12.0. The number of hydrogen-bond acceptors (Lipinski definition) is 4. The van der Waals surface area contributed by atoms with Crippen LogP contribution in [0.5, 0.6) is 0 Å². The van der Waals surface area contributed by atoms with E-state index in [1.165, 1.54) is 0 Å². The van der Waals surface area contributed by atoms with Crippen LogP contribution in [-0.2, 0) is 16.1 Å². The topological polar surface area (TPSA) is 45.9 Å². The van der Waals surface area contributed by atoms with Gasteiger partial charge in [0, 0.05) is 23.1 Å². The Balaban J connectivity index is 1.55. The average molecular weight is 407 g/mol. The summed E-state index contributed by atoms with van der Waals surface area (Å²) in [5, 5.41) is 0. The second-order valence-corrected chi connectivity index (χ2v) is 7.38. The summed E-state index contributed by atoms with van der Waals surface area (Å²) in [6.07, 6.45) is 0.113. The van der Waals surface area contributed by atoms with Crippen molar-refractivity contribution in [2.75, 3.05) is 33.3 Å². The Kier molecular flexibility index (Phi) is 5.93. The first-order valence-corrected chi connectivity index (χ1v) is 9.23. The smallest absolute Gasteiger partial charge is 0.236 e. The van der Waals surface area contributed by atoms with Crippen molar-refractivity contribution in [3.05, 3.63) is 46.6 Å². The maximum absolute atomic E-state index is 12.4. The van der Waals surface area contributed by atoms with Crippen molar-refractivity contribution in [2.24, 2.45) is 0 Å². The van der Waals surface area contributed by atoms with E-state index in [1.54, 1.807) is 0 Å². The fraction of sp³-hybridized carbons (Fsp3) is 0.421. The zero-order valence-electron chi connectivity index (χ0n) is 14.6. The highest BCUT2D eigenvalue weighted by atomic mass is 79.9. The van der Waals surface area contributed by atoms with Crippen LogP contribution in [0.15, 0.2) is 45.3 Å². The van der Waals surface area contributed by atoms with Gasteiger partial charge in [-0.3, -0.25) is 9.69 Å². The molecular weight excluding hydrogens is 384 g/mol. The zero-order chi connectivity index (χ0) is 17.8. The van der Waals surface area contributed by atoms with Gasteiger partial charge in [0.05, 0.1) is 25.8 Å². The second kappa shape index (κ2) is 8.17. The van der Waals surface area contributed by atoms with E-state index < -0.39 is 0 Å². The van der Waals surface area contributed by atoms with Crippen LogP contribution in [0.3, 0.4) is 0 Å². The molecule has 5 nitrogen and oxygen atoms in total. The van der Waals surface area contributed by atoms with E-state index in [2.05, 4.69) is 15.9 Å². The number of hydrogen-bond donors (Lipinski definition) is 0. The highest BCUT2D eigenvalue weighted by Crippen LogP contribution is 2.24. The SMILES string of the molecule is CC1CN(C(=O)CN(C)Cc2ccc(-c3ccc(Br)cc3)o2)CCO1. The van der Waals surface area contributed by atoms with E-state index >= 15 is 0 Å². The van der Waals surface area contributed by atoms with Crippen LogP contribution in [0, 0.1) is 0 Å². The predicted molar refractivity (Wildman–Crippen MR) is 100 cm³/mol. The zero-order valence-corrected chi connectivity index (χ0v) is 16.2. The van der Waals surface area contributed by atoms with Crippen molar-refractivity contribution in [2.45, 2.75) is 19.6 Å². The number of halogens is 1. The molecule has 1 saturated heterocycles. The van der Waals surface area contributed by atoms with Crippen molar-refractivity contribution in [1.82, 2.24) is 9.80 Å². The van der Waals surface area contributed by atoms with Crippen molar-refractivity contribution < 1.29 is 13.9 Å². The van der Waals surface area contributed by atoms with Gasteiger partial charge < -0.3 is 14.1 Å². The Labute approximate surface area is 156 Å². The molecule has 25 heavy (non-hydrogen) atoms. The van der Waals surface area contributed by atoms with Gasteiger partial charge in [-0.2, -0.15) is 0 Å². The van der Waals surface area contributed by atoms with Crippen LogP contribution in [0.1, 0.15) is 12.7 Å². The minimum absolute atomic E-state index is 0.113. The molecule has 1 aliphatic heterocycles. The van der Waals surface area contributed by atoms with Crippen LogP contribution in [0.25, 0.3) is 11.3 Å². The van der Waals surface area contributed by atoms with Crippen molar-refractivity contribution >= 4 is 21.8 Å². The Morgan fingerprint density at radius 1 is 1.28 bits per heavy atom. The first-order valence-electron chi connectivity index (χ1n) is 8.44. The molecular formula is C19H23BrN2O3. The number of amides is 1. The van der Waals surface area contributed by atoms with E-state index in [9.17, 15) is 4.79 Å². The summed E-state index contributed by atoms with van der Waals surface area (Å²) in [5.41, 5.74) is 1.04. The normalized spacial score (nSPS) is 17.9. The molecule has 0 aliphatic carbocycles. The van der Waals surface area contributed by atoms with E-state index in [-0.39, 0.29) is 12.0 Å². The Hall–Kier alpha value is -1.63. The minimum Gasteiger partial charge on any atom is -0.460 e. The summed E-state index contributed by atoms with van der Waals surface area (Å²) in [7, 11) is 1.93. The monoisotopic (exact) mass is 406 g/mol. The summed E-state index contributed by atoms with van der Waals surface area (Å²) in [5.74, 6) is 1.82. The Bertz CT molecular complexity index is 714. The first kappa shape index (κ1) is 18.2. The molecule has 6 heteroatoms. The number of likely N-dealkylation sites (N-methyl/N-ethyl adjacent to an activating group) is 1. The van der Waals surface area contributed by atoms with Gasteiger partial charge in [-0.15, -0.1) is 0 Å². The molecule has 0 N–H and O–H groups in total. The van der Waals surface area contributed by atoms with E-state index in [1.807, 2.05) is 60.2 Å². The van der Waals surface area contributed by atoms with Crippen LogP contribution < -0.4 is 0 Å². The summed E-state index contributed by atoms with van der Waals surface area (Å²) in [4.78, 5) is 16.3. The quantitative estimate of drug-likeness (QED) is 0.763. The van der Waals surface area contributed by atoms with E-state index in [0.717, 1.165) is 21.6 Å². The van der Waals surface area contributed by atoms with Gasteiger partial charge in [-0.25, -0.2) is 0 Å². The van der Waals surface area contributed by atoms with Crippen LogP contribution in [0.4, 0.5) is 0 Å². The molecule has 3 rings (SSSR count). The summed E-state index contributed by atoms with van der Waals surface area (Å²) >= 11 is 3.43. The molecule has 1 unspecified atom stereocenters. The average Bonchev–Trinajstić information content (AvgIpc) is 3.03. The van der Waals surface area contributed by atoms with Crippen molar-refractivity contribution in [1.29, 1.82) is 0 Å². The van der Waals surface area contributed by atoms with Gasteiger partial charge in [0.2, 0.25) is 5.91 Å². The summed E-state index contributed by atoms with van der Waals surface area (Å²) in [6, 6.07) is 11.9. The number of nitrogens with zero attached hydrogens (tertiary/aromatic N) is 2. The van der Waals surface area contributed by atoms with E-state index in [4.69, 9.17) is 9.15 Å². The third-order valence-corrected chi connectivity index (χ3v) is 4.74. The molecule has 2 heterocycles. The number of furan rings is 1. The second-order valence-electron chi connectivity index (χ2n) is 6.47. The number of rotatable bonds is 5. The van der Waals surface area contributed by atoms with Crippen molar-refractivity contribution in [3.8, 4) is 11.3 Å². The number of carbonyl (C=O) groups is 1. The molecule has 0 radical (unpaired) electrons. The van der Waals surface area contributed by atoms with Crippen LogP contribution in [0.2, 0.25) is 0 Å². The van der Waals surface area contributed by atoms with E-state index in [0.29, 0.717) is 32.8 Å². The van der Waals surface area contributed by atoms with Gasteiger partial charge in [-0.05, 0) is 38.2 Å². The van der Waals surface area contributed by atoms with Gasteiger partial charge in [-0.1, -0.05) is 28.1 Å². The molecule has 1 atom stereocenters. The molecule has 0 bridgehead atoms. The lowest BCUT2D eigenvalue weighted by atomic mass is 10.2. The molecule has 1 aromatic carbocycles.